The Morgan fingerprint density at radius 3 is 2.52 bits per heavy atom. The topological polar surface area (TPSA) is 58.1 Å². The minimum absolute atomic E-state index is 0.00111. The molecule has 0 saturated carbocycles. The maximum absolute atomic E-state index is 14.0. The average Bonchev–Trinajstić information content (AvgIpc) is 2.70. The number of carbonyl (C=O) groups excluding carboxylic acids is 1. The third kappa shape index (κ3) is 4.28. The zero-order chi connectivity index (χ0) is 19.2. The molecule has 0 spiro atoms. The highest BCUT2D eigenvalue weighted by molar-refractivity contribution is 6.05. The van der Waals surface area contributed by atoms with E-state index in [2.05, 4.69) is 15.3 Å². The Bertz CT molecular complexity index is 917. The van der Waals surface area contributed by atoms with Crippen LogP contribution in [0.5, 0.6) is 0 Å². The van der Waals surface area contributed by atoms with Crippen LogP contribution in [0.2, 0.25) is 0 Å². The normalized spacial score (nSPS) is 11.7. The SMILES string of the molecule is CCN(C(=O)c1ccccc1F)c1ccnc(N[C@H](C)c2ccccc2)n1. The predicted octanol–water partition coefficient (Wildman–Crippen LogP) is 4.46. The quantitative estimate of drug-likeness (QED) is 0.702. The molecule has 3 aromatic rings. The number of anilines is 2. The molecule has 6 heteroatoms. The highest BCUT2D eigenvalue weighted by Gasteiger charge is 2.20. The Labute approximate surface area is 157 Å². The summed E-state index contributed by atoms with van der Waals surface area (Å²) in [7, 11) is 0. The Morgan fingerprint density at radius 2 is 1.81 bits per heavy atom. The summed E-state index contributed by atoms with van der Waals surface area (Å²) in [5, 5.41) is 3.23. The van der Waals surface area contributed by atoms with Crippen LogP contribution < -0.4 is 10.2 Å². The Morgan fingerprint density at radius 1 is 1.11 bits per heavy atom. The molecule has 0 unspecified atom stereocenters. The highest BCUT2D eigenvalue weighted by atomic mass is 19.1. The number of carbonyl (C=O) groups is 1. The molecule has 0 bridgehead atoms. The third-order valence-electron chi connectivity index (χ3n) is 4.23. The molecular formula is C21H21FN4O. The molecule has 3 rings (SSSR count). The summed E-state index contributed by atoms with van der Waals surface area (Å²) in [4.78, 5) is 22.9. The van der Waals surface area contributed by atoms with Gasteiger partial charge in [-0.1, -0.05) is 42.5 Å². The number of halogens is 1. The first-order chi connectivity index (χ1) is 13.1. The lowest BCUT2D eigenvalue weighted by Gasteiger charge is -2.21. The van der Waals surface area contributed by atoms with Crippen LogP contribution in [0.15, 0.2) is 66.9 Å². The molecule has 1 aromatic heterocycles. The Hall–Kier alpha value is -3.28. The molecule has 0 radical (unpaired) electrons. The first-order valence-corrected chi connectivity index (χ1v) is 8.81. The van der Waals surface area contributed by atoms with Gasteiger partial charge in [-0.05, 0) is 37.6 Å². The van der Waals surface area contributed by atoms with Crippen LogP contribution in [0.3, 0.4) is 0 Å². The first-order valence-electron chi connectivity index (χ1n) is 8.81. The van der Waals surface area contributed by atoms with Crippen molar-refractivity contribution < 1.29 is 9.18 Å². The standard InChI is InChI=1S/C21H21FN4O/c1-3-26(20(27)17-11-7-8-12-18(17)22)19-13-14-23-21(25-19)24-15(2)16-9-5-4-6-10-16/h4-15H,3H2,1-2H3,(H,23,24,25)/t15-/m1/s1. The molecule has 1 amide bonds. The van der Waals surface area contributed by atoms with Crippen molar-refractivity contribution in [2.24, 2.45) is 0 Å². The second-order valence-corrected chi connectivity index (χ2v) is 6.04. The van der Waals surface area contributed by atoms with Crippen LogP contribution in [0.4, 0.5) is 16.2 Å². The first kappa shape index (κ1) is 18.5. The van der Waals surface area contributed by atoms with Gasteiger partial charge in [-0.3, -0.25) is 9.69 Å². The molecule has 0 aliphatic rings. The van der Waals surface area contributed by atoms with Gasteiger partial charge in [0.05, 0.1) is 11.6 Å². The number of benzene rings is 2. The molecule has 27 heavy (non-hydrogen) atoms. The number of nitrogens with one attached hydrogen (secondary N) is 1. The summed E-state index contributed by atoms with van der Waals surface area (Å²) in [5.41, 5.74) is 1.12. The lowest BCUT2D eigenvalue weighted by molar-refractivity contribution is 0.0983. The summed E-state index contributed by atoms with van der Waals surface area (Å²) in [5.74, 6) is -0.158. The van der Waals surface area contributed by atoms with Crippen molar-refractivity contribution in [2.45, 2.75) is 19.9 Å². The van der Waals surface area contributed by atoms with Crippen LogP contribution >= 0.6 is 0 Å². The smallest absolute Gasteiger partial charge is 0.262 e. The maximum atomic E-state index is 14.0. The highest BCUT2D eigenvalue weighted by Crippen LogP contribution is 2.20. The van der Waals surface area contributed by atoms with Crippen molar-refractivity contribution in [1.82, 2.24) is 9.97 Å². The minimum atomic E-state index is -0.550. The number of aromatic nitrogens is 2. The molecular weight excluding hydrogens is 343 g/mol. The minimum Gasteiger partial charge on any atom is -0.348 e. The molecule has 5 nitrogen and oxygen atoms in total. The zero-order valence-electron chi connectivity index (χ0n) is 15.3. The fourth-order valence-electron chi connectivity index (χ4n) is 2.78. The van der Waals surface area contributed by atoms with Gasteiger partial charge in [0.2, 0.25) is 5.95 Å². The van der Waals surface area contributed by atoms with Gasteiger partial charge in [-0.2, -0.15) is 4.98 Å². The third-order valence-corrected chi connectivity index (χ3v) is 4.23. The summed E-state index contributed by atoms with van der Waals surface area (Å²) >= 11 is 0. The lowest BCUT2D eigenvalue weighted by Crippen LogP contribution is -2.32. The lowest BCUT2D eigenvalue weighted by atomic mass is 10.1. The van der Waals surface area contributed by atoms with Gasteiger partial charge in [-0.15, -0.1) is 0 Å². The van der Waals surface area contributed by atoms with Gasteiger partial charge in [0.15, 0.2) is 0 Å². The zero-order valence-corrected chi connectivity index (χ0v) is 15.3. The number of amides is 1. The molecule has 0 aliphatic heterocycles. The molecule has 1 heterocycles. The van der Waals surface area contributed by atoms with Crippen LogP contribution in [0.25, 0.3) is 0 Å². The van der Waals surface area contributed by atoms with Gasteiger partial charge in [0, 0.05) is 12.7 Å². The average molecular weight is 364 g/mol. The monoisotopic (exact) mass is 364 g/mol. The van der Waals surface area contributed by atoms with Crippen molar-refractivity contribution in [3.63, 3.8) is 0 Å². The van der Waals surface area contributed by atoms with Gasteiger partial charge < -0.3 is 5.32 Å². The van der Waals surface area contributed by atoms with Crippen molar-refractivity contribution in [2.75, 3.05) is 16.8 Å². The molecule has 0 fully saturated rings. The van der Waals surface area contributed by atoms with E-state index >= 15 is 0 Å². The Balaban J connectivity index is 1.83. The van der Waals surface area contributed by atoms with E-state index < -0.39 is 11.7 Å². The van der Waals surface area contributed by atoms with E-state index in [9.17, 15) is 9.18 Å². The van der Waals surface area contributed by atoms with Crippen molar-refractivity contribution in [3.05, 3.63) is 83.8 Å². The van der Waals surface area contributed by atoms with Gasteiger partial charge in [0.1, 0.15) is 11.6 Å². The molecule has 1 N–H and O–H groups in total. The van der Waals surface area contributed by atoms with Crippen LogP contribution in [-0.4, -0.2) is 22.4 Å². The van der Waals surface area contributed by atoms with E-state index in [4.69, 9.17) is 0 Å². The van der Waals surface area contributed by atoms with Gasteiger partial charge in [-0.25, -0.2) is 9.37 Å². The van der Waals surface area contributed by atoms with E-state index in [0.29, 0.717) is 18.3 Å². The van der Waals surface area contributed by atoms with E-state index in [-0.39, 0.29) is 11.6 Å². The van der Waals surface area contributed by atoms with Gasteiger partial charge in [0.25, 0.3) is 5.91 Å². The largest absolute Gasteiger partial charge is 0.348 e. The molecule has 138 valence electrons. The summed E-state index contributed by atoms with van der Waals surface area (Å²) < 4.78 is 14.0. The second kappa shape index (κ2) is 8.40. The number of hydrogen-bond acceptors (Lipinski definition) is 4. The van der Waals surface area contributed by atoms with Crippen molar-refractivity contribution in [1.29, 1.82) is 0 Å². The maximum Gasteiger partial charge on any atom is 0.262 e. The number of rotatable bonds is 6. The molecule has 0 saturated heterocycles. The van der Waals surface area contributed by atoms with E-state index in [1.54, 1.807) is 24.4 Å². The molecule has 0 aliphatic carbocycles. The molecule has 1 atom stereocenters. The van der Waals surface area contributed by atoms with Gasteiger partial charge >= 0.3 is 0 Å². The van der Waals surface area contributed by atoms with Crippen LogP contribution in [0.1, 0.15) is 35.8 Å². The fraction of sp³-hybridized carbons (Fsp3) is 0.190. The summed E-state index contributed by atoms with van der Waals surface area (Å²) in [6, 6.07) is 17.5. The summed E-state index contributed by atoms with van der Waals surface area (Å²) in [6.45, 7) is 4.19. The van der Waals surface area contributed by atoms with Crippen molar-refractivity contribution >= 4 is 17.7 Å². The van der Waals surface area contributed by atoms with Crippen molar-refractivity contribution in [3.8, 4) is 0 Å². The van der Waals surface area contributed by atoms with E-state index in [0.717, 1.165) is 5.56 Å². The van der Waals surface area contributed by atoms with Crippen LogP contribution in [0, 0.1) is 5.82 Å². The van der Waals surface area contributed by atoms with E-state index in [1.165, 1.54) is 17.0 Å². The second-order valence-electron chi connectivity index (χ2n) is 6.04. The number of hydrogen-bond donors (Lipinski definition) is 1. The van der Waals surface area contributed by atoms with Crippen LogP contribution in [-0.2, 0) is 0 Å². The fourth-order valence-corrected chi connectivity index (χ4v) is 2.78. The molecule has 2 aromatic carbocycles. The van der Waals surface area contributed by atoms with E-state index in [1.807, 2.05) is 44.2 Å². The predicted molar refractivity (Wildman–Crippen MR) is 104 cm³/mol. The number of nitrogens with zero attached hydrogens (tertiary/aromatic N) is 3. The Kier molecular flexibility index (Phi) is 5.76. The summed E-state index contributed by atoms with van der Waals surface area (Å²) in [6.07, 6.45) is 1.58.